The second-order valence-electron chi connectivity index (χ2n) is 7.35. The molecule has 3 rings (SSSR count). The van der Waals surface area contributed by atoms with Crippen LogP contribution in [0, 0.1) is 18.7 Å². The number of carboxylic acid groups (broad SMARTS) is 1. The Morgan fingerprint density at radius 2 is 1.87 bits per heavy atom. The van der Waals surface area contributed by atoms with Gasteiger partial charge in [-0.2, -0.15) is 0 Å². The van der Waals surface area contributed by atoms with Crippen LogP contribution in [0.15, 0.2) is 40.9 Å². The summed E-state index contributed by atoms with van der Waals surface area (Å²) in [6.45, 7) is 5.48. The number of carbonyl (C=O) groups is 2. The van der Waals surface area contributed by atoms with Gasteiger partial charge in [-0.25, -0.2) is 4.39 Å². The van der Waals surface area contributed by atoms with E-state index in [4.69, 9.17) is 4.74 Å². The van der Waals surface area contributed by atoms with E-state index in [1.807, 2.05) is 13.8 Å². The summed E-state index contributed by atoms with van der Waals surface area (Å²) in [5, 5.41) is 10.5. The molecule has 1 N–H and O–H groups in total. The smallest absolute Gasteiger partial charge is 0.311 e. The van der Waals surface area contributed by atoms with Crippen molar-refractivity contribution in [2.75, 3.05) is 7.11 Å². The summed E-state index contributed by atoms with van der Waals surface area (Å²) in [5.74, 6) is -2.97. The van der Waals surface area contributed by atoms with Crippen LogP contribution < -0.4 is 4.74 Å². The fourth-order valence-electron chi connectivity index (χ4n) is 3.86. The van der Waals surface area contributed by atoms with Gasteiger partial charge in [0.15, 0.2) is 11.6 Å². The van der Waals surface area contributed by atoms with E-state index in [0.717, 1.165) is 4.47 Å². The molecule has 7 heteroatoms. The average molecular weight is 476 g/mol. The second kappa shape index (κ2) is 8.60. The molecule has 0 amide bonds. The zero-order valence-corrected chi connectivity index (χ0v) is 18.8. The maximum atomic E-state index is 14.6. The summed E-state index contributed by atoms with van der Waals surface area (Å²) < 4.78 is 21.9. The molecule has 0 aliphatic heterocycles. The van der Waals surface area contributed by atoms with Crippen molar-refractivity contribution >= 4 is 38.7 Å². The molecule has 2 atom stereocenters. The molecule has 1 aromatic heterocycles. The molecule has 1 heterocycles. The van der Waals surface area contributed by atoms with Crippen LogP contribution in [0.1, 0.15) is 47.8 Å². The van der Waals surface area contributed by atoms with Crippen molar-refractivity contribution in [2.24, 2.45) is 5.92 Å². The van der Waals surface area contributed by atoms with Crippen molar-refractivity contribution in [1.82, 2.24) is 4.57 Å². The molecule has 0 radical (unpaired) electrons. The van der Waals surface area contributed by atoms with E-state index in [0.29, 0.717) is 34.1 Å². The summed E-state index contributed by atoms with van der Waals surface area (Å²) in [4.78, 5) is 25.5. The molecule has 0 fully saturated rings. The van der Waals surface area contributed by atoms with Crippen LogP contribution in [0.3, 0.4) is 0 Å². The highest BCUT2D eigenvalue weighted by Gasteiger charge is 2.33. The monoisotopic (exact) mass is 475 g/mol. The minimum atomic E-state index is -0.981. The number of hydrogen-bond acceptors (Lipinski definition) is 3. The van der Waals surface area contributed by atoms with Crippen molar-refractivity contribution in [3.8, 4) is 5.75 Å². The number of fused-ring (bicyclic) bond motifs is 1. The minimum absolute atomic E-state index is 0.00489. The van der Waals surface area contributed by atoms with E-state index in [9.17, 15) is 19.1 Å². The number of halogens is 2. The lowest BCUT2D eigenvalue weighted by Gasteiger charge is -2.20. The average Bonchev–Trinajstić information content (AvgIpc) is 2.98. The van der Waals surface area contributed by atoms with E-state index in [1.165, 1.54) is 23.8 Å². The minimum Gasteiger partial charge on any atom is -0.494 e. The largest absolute Gasteiger partial charge is 0.494 e. The van der Waals surface area contributed by atoms with Gasteiger partial charge in [-0.3, -0.25) is 14.2 Å². The molecule has 30 heavy (non-hydrogen) atoms. The molecule has 3 aromatic rings. The molecule has 158 valence electrons. The standard InChI is InChI=1S/C23H23BrFNO4/c1-5-12(2)20(23(28)29)21-13(3)26(22(27)14-6-8-15(24)9-7-14)18-11-17(25)19(30-4)10-16(18)21/h6-12,20H,5H2,1-4H3,(H,28,29)/t12?,20-/m1/s1. The van der Waals surface area contributed by atoms with Gasteiger partial charge in [-0.1, -0.05) is 36.2 Å². The first-order chi connectivity index (χ1) is 14.2. The lowest BCUT2D eigenvalue weighted by atomic mass is 9.84. The van der Waals surface area contributed by atoms with Gasteiger partial charge in [-0.15, -0.1) is 0 Å². The van der Waals surface area contributed by atoms with E-state index in [1.54, 1.807) is 31.2 Å². The Labute approximate surface area is 182 Å². The highest BCUT2D eigenvalue weighted by Crippen LogP contribution is 2.39. The third-order valence-electron chi connectivity index (χ3n) is 5.61. The Morgan fingerprint density at radius 1 is 1.23 bits per heavy atom. The van der Waals surface area contributed by atoms with Crippen molar-refractivity contribution in [1.29, 1.82) is 0 Å². The van der Waals surface area contributed by atoms with Crippen LogP contribution in [0.5, 0.6) is 5.75 Å². The van der Waals surface area contributed by atoms with Gasteiger partial charge >= 0.3 is 5.97 Å². The van der Waals surface area contributed by atoms with Gasteiger partial charge in [0.25, 0.3) is 5.91 Å². The number of ether oxygens (including phenoxy) is 1. The number of carboxylic acids is 1. The SMILES string of the molecule is CCC(C)[C@@H](C(=O)O)c1c(C)n(C(=O)c2ccc(Br)cc2)c2cc(F)c(OC)cc12. The number of rotatable bonds is 6. The van der Waals surface area contributed by atoms with Gasteiger partial charge in [0.1, 0.15) is 0 Å². The Balaban J connectivity index is 2.36. The Morgan fingerprint density at radius 3 is 2.40 bits per heavy atom. The summed E-state index contributed by atoms with van der Waals surface area (Å²) in [5.41, 5.74) is 1.73. The van der Waals surface area contributed by atoms with Crippen molar-refractivity contribution in [3.05, 3.63) is 63.5 Å². The molecular weight excluding hydrogens is 453 g/mol. The molecule has 0 spiro atoms. The van der Waals surface area contributed by atoms with Crippen molar-refractivity contribution < 1.29 is 23.8 Å². The lowest BCUT2D eigenvalue weighted by molar-refractivity contribution is -0.140. The molecule has 5 nitrogen and oxygen atoms in total. The van der Waals surface area contributed by atoms with Crippen LogP contribution in [-0.4, -0.2) is 28.7 Å². The second-order valence-corrected chi connectivity index (χ2v) is 8.27. The third-order valence-corrected chi connectivity index (χ3v) is 6.14. The lowest BCUT2D eigenvalue weighted by Crippen LogP contribution is -2.21. The van der Waals surface area contributed by atoms with Crippen LogP contribution >= 0.6 is 15.9 Å². The maximum absolute atomic E-state index is 14.6. The normalized spacial score (nSPS) is 13.3. The molecular formula is C23H23BrFNO4. The van der Waals surface area contributed by atoms with Gasteiger partial charge in [-0.05, 0) is 48.7 Å². The summed E-state index contributed by atoms with van der Waals surface area (Å²) in [7, 11) is 1.35. The predicted octanol–water partition coefficient (Wildman–Crippen LogP) is 5.76. The number of nitrogens with zero attached hydrogens (tertiary/aromatic N) is 1. The number of hydrogen-bond donors (Lipinski definition) is 1. The van der Waals surface area contributed by atoms with E-state index in [2.05, 4.69) is 15.9 Å². The van der Waals surface area contributed by atoms with Crippen LogP contribution in [0.2, 0.25) is 0 Å². The quantitative estimate of drug-likeness (QED) is 0.491. The first kappa shape index (κ1) is 22.0. The van der Waals surface area contributed by atoms with Crippen molar-refractivity contribution in [3.63, 3.8) is 0 Å². The van der Waals surface area contributed by atoms with Gasteiger partial charge in [0, 0.05) is 27.2 Å². The number of benzene rings is 2. The predicted molar refractivity (Wildman–Crippen MR) is 117 cm³/mol. The fraction of sp³-hybridized carbons (Fsp3) is 0.304. The third kappa shape index (κ3) is 3.74. The number of methoxy groups -OCH3 is 1. The van der Waals surface area contributed by atoms with Crippen molar-refractivity contribution in [2.45, 2.75) is 33.1 Å². The van der Waals surface area contributed by atoms with Gasteiger partial charge in [0.2, 0.25) is 0 Å². The van der Waals surface area contributed by atoms with E-state index in [-0.39, 0.29) is 17.6 Å². The van der Waals surface area contributed by atoms with Crippen LogP contribution in [0.25, 0.3) is 10.9 Å². The number of aliphatic carboxylic acids is 1. The molecule has 2 aromatic carbocycles. The fourth-order valence-corrected chi connectivity index (χ4v) is 4.12. The summed E-state index contributed by atoms with van der Waals surface area (Å²) in [6.07, 6.45) is 0.641. The number of aromatic nitrogens is 1. The zero-order chi connectivity index (χ0) is 22.2. The topological polar surface area (TPSA) is 68.5 Å². The van der Waals surface area contributed by atoms with Crippen LogP contribution in [0.4, 0.5) is 4.39 Å². The Kier molecular flexibility index (Phi) is 6.31. The van der Waals surface area contributed by atoms with E-state index < -0.39 is 17.7 Å². The molecule has 0 aliphatic rings. The van der Waals surface area contributed by atoms with Gasteiger partial charge in [0.05, 0.1) is 18.5 Å². The van der Waals surface area contributed by atoms with Crippen LogP contribution in [-0.2, 0) is 4.79 Å². The van der Waals surface area contributed by atoms with Gasteiger partial charge < -0.3 is 9.84 Å². The molecule has 0 saturated heterocycles. The Hall–Kier alpha value is -2.67. The Bertz CT molecular complexity index is 1120. The molecule has 0 bridgehead atoms. The summed E-state index contributed by atoms with van der Waals surface area (Å²) >= 11 is 3.35. The first-order valence-electron chi connectivity index (χ1n) is 9.62. The maximum Gasteiger partial charge on any atom is 0.311 e. The highest BCUT2D eigenvalue weighted by atomic mass is 79.9. The number of carbonyl (C=O) groups excluding carboxylic acids is 1. The van der Waals surface area contributed by atoms with E-state index >= 15 is 0 Å². The molecule has 1 unspecified atom stereocenters. The summed E-state index contributed by atoms with van der Waals surface area (Å²) in [6, 6.07) is 9.55. The molecule has 0 aliphatic carbocycles. The molecule has 0 saturated carbocycles. The first-order valence-corrected chi connectivity index (χ1v) is 10.4. The highest BCUT2D eigenvalue weighted by molar-refractivity contribution is 9.10. The zero-order valence-electron chi connectivity index (χ0n) is 17.2.